The van der Waals surface area contributed by atoms with Gasteiger partial charge in [0.1, 0.15) is 0 Å². The van der Waals surface area contributed by atoms with Crippen LogP contribution in [0.2, 0.25) is 0 Å². The van der Waals surface area contributed by atoms with Crippen molar-refractivity contribution in [2.24, 2.45) is 0 Å². The maximum Gasteiger partial charge on any atom is 0.254 e. The van der Waals surface area contributed by atoms with Gasteiger partial charge in [-0.25, -0.2) is 0 Å². The van der Waals surface area contributed by atoms with Crippen molar-refractivity contribution in [3.05, 3.63) is 71.3 Å². The quantitative estimate of drug-likeness (QED) is 0.685. The Morgan fingerprint density at radius 2 is 1.65 bits per heavy atom. The number of amides is 2. The average molecular weight is 352 g/mol. The van der Waals surface area contributed by atoms with Crippen molar-refractivity contribution in [1.29, 1.82) is 0 Å². The molecule has 0 aromatic heterocycles. The second-order valence-corrected chi connectivity index (χ2v) is 6.35. The lowest BCUT2D eigenvalue weighted by Gasteiger charge is -2.21. The summed E-state index contributed by atoms with van der Waals surface area (Å²) in [6.45, 7) is 5.93. The first-order chi connectivity index (χ1) is 12.7. The maximum absolute atomic E-state index is 12.8. The summed E-state index contributed by atoms with van der Waals surface area (Å²) in [4.78, 5) is 26.9. The van der Waals surface area contributed by atoms with Crippen LogP contribution in [0.1, 0.15) is 59.4 Å². The summed E-state index contributed by atoms with van der Waals surface area (Å²) < 4.78 is 0. The number of rotatable bonds is 9. The highest BCUT2D eigenvalue weighted by atomic mass is 16.2. The Bertz CT molecular complexity index is 713. The smallest absolute Gasteiger partial charge is 0.254 e. The Labute approximate surface area is 156 Å². The fourth-order valence-corrected chi connectivity index (χ4v) is 2.79. The summed E-state index contributed by atoms with van der Waals surface area (Å²) in [5.41, 5.74) is 2.17. The van der Waals surface area contributed by atoms with Crippen molar-refractivity contribution in [3.63, 3.8) is 0 Å². The third-order valence-corrected chi connectivity index (χ3v) is 4.32. The first-order valence-corrected chi connectivity index (χ1v) is 9.37. The fraction of sp³-hybridized carbons (Fsp3) is 0.364. The standard InChI is InChI=1S/C22H28N2O2/c1-3-5-9-15-23-21(25)19-13-10-14-20(16-19)22(26)24(4-2)17-18-11-7-6-8-12-18/h6-8,10-14,16H,3-5,9,15,17H2,1-2H3,(H,23,25). The Hall–Kier alpha value is -2.62. The summed E-state index contributed by atoms with van der Waals surface area (Å²) in [7, 11) is 0. The molecule has 0 atom stereocenters. The molecule has 2 aromatic carbocycles. The van der Waals surface area contributed by atoms with Crippen LogP contribution in [0.3, 0.4) is 0 Å². The lowest BCUT2D eigenvalue weighted by Crippen LogP contribution is -2.31. The highest BCUT2D eigenvalue weighted by Crippen LogP contribution is 2.12. The Morgan fingerprint density at radius 3 is 2.35 bits per heavy atom. The molecule has 4 nitrogen and oxygen atoms in total. The van der Waals surface area contributed by atoms with E-state index in [1.165, 1.54) is 0 Å². The van der Waals surface area contributed by atoms with E-state index < -0.39 is 0 Å². The van der Waals surface area contributed by atoms with E-state index in [9.17, 15) is 9.59 Å². The van der Waals surface area contributed by atoms with E-state index in [-0.39, 0.29) is 11.8 Å². The molecule has 0 spiro atoms. The fourth-order valence-electron chi connectivity index (χ4n) is 2.79. The van der Waals surface area contributed by atoms with Crippen LogP contribution in [0.25, 0.3) is 0 Å². The zero-order chi connectivity index (χ0) is 18.8. The summed E-state index contributed by atoms with van der Waals surface area (Å²) in [5.74, 6) is -0.182. The van der Waals surface area contributed by atoms with E-state index in [1.54, 1.807) is 29.2 Å². The third kappa shape index (κ3) is 5.73. The largest absolute Gasteiger partial charge is 0.352 e. The molecule has 0 saturated heterocycles. The zero-order valence-electron chi connectivity index (χ0n) is 15.7. The van der Waals surface area contributed by atoms with Crippen LogP contribution in [0.4, 0.5) is 0 Å². The molecule has 26 heavy (non-hydrogen) atoms. The molecular weight excluding hydrogens is 324 g/mol. The predicted octanol–water partition coefficient (Wildman–Crippen LogP) is 4.27. The number of hydrogen-bond acceptors (Lipinski definition) is 2. The predicted molar refractivity (Wildman–Crippen MR) is 105 cm³/mol. The zero-order valence-corrected chi connectivity index (χ0v) is 15.7. The second kappa shape index (κ2) is 10.4. The molecule has 4 heteroatoms. The average Bonchev–Trinajstić information content (AvgIpc) is 2.69. The van der Waals surface area contributed by atoms with Gasteiger partial charge in [-0.15, -0.1) is 0 Å². The topological polar surface area (TPSA) is 49.4 Å². The number of hydrogen-bond donors (Lipinski definition) is 1. The van der Waals surface area contributed by atoms with Gasteiger partial charge in [0.15, 0.2) is 0 Å². The van der Waals surface area contributed by atoms with E-state index in [0.29, 0.717) is 30.8 Å². The van der Waals surface area contributed by atoms with E-state index in [2.05, 4.69) is 12.2 Å². The van der Waals surface area contributed by atoms with Gasteiger partial charge in [0.25, 0.3) is 11.8 Å². The molecule has 0 bridgehead atoms. The molecule has 0 saturated carbocycles. The number of nitrogens with zero attached hydrogens (tertiary/aromatic N) is 1. The molecule has 0 fully saturated rings. The Kier molecular flexibility index (Phi) is 7.87. The van der Waals surface area contributed by atoms with Crippen LogP contribution in [-0.4, -0.2) is 29.8 Å². The van der Waals surface area contributed by atoms with Gasteiger partial charge >= 0.3 is 0 Å². The lowest BCUT2D eigenvalue weighted by atomic mass is 10.1. The molecule has 2 rings (SSSR count). The molecule has 0 aliphatic rings. The summed E-state index contributed by atoms with van der Waals surface area (Å²) >= 11 is 0. The van der Waals surface area contributed by atoms with Gasteiger partial charge < -0.3 is 10.2 Å². The first kappa shape index (κ1) is 19.7. The second-order valence-electron chi connectivity index (χ2n) is 6.35. The van der Waals surface area contributed by atoms with Gasteiger partial charge in [-0.2, -0.15) is 0 Å². The highest BCUT2D eigenvalue weighted by molar-refractivity contribution is 5.99. The van der Waals surface area contributed by atoms with Crippen molar-refractivity contribution < 1.29 is 9.59 Å². The first-order valence-electron chi connectivity index (χ1n) is 9.37. The van der Waals surface area contributed by atoms with Crippen molar-refractivity contribution in [1.82, 2.24) is 10.2 Å². The SMILES string of the molecule is CCCCCNC(=O)c1cccc(C(=O)N(CC)Cc2ccccc2)c1. The molecule has 138 valence electrons. The van der Waals surface area contributed by atoms with E-state index in [1.807, 2.05) is 37.3 Å². The number of unbranched alkanes of at least 4 members (excludes halogenated alkanes) is 2. The van der Waals surface area contributed by atoms with Crippen LogP contribution in [0, 0.1) is 0 Å². The molecule has 1 N–H and O–H groups in total. The molecule has 0 radical (unpaired) electrons. The van der Waals surface area contributed by atoms with Crippen LogP contribution in [-0.2, 0) is 6.54 Å². The van der Waals surface area contributed by atoms with Crippen LogP contribution in [0.15, 0.2) is 54.6 Å². The van der Waals surface area contributed by atoms with E-state index in [4.69, 9.17) is 0 Å². The van der Waals surface area contributed by atoms with Gasteiger partial charge in [-0.3, -0.25) is 9.59 Å². The summed E-state index contributed by atoms with van der Waals surface area (Å²) in [6, 6.07) is 16.9. The van der Waals surface area contributed by atoms with Crippen molar-refractivity contribution >= 4 is 11.8 Å². The van der Waals surface area contributed by atoms with Gasteiger partial charge in [0.05, 0.1) is 0 Å². The number of nitrogens with one attached hydrogen (secondary N) is 1. The summed E-state index contributed by atoms with van der Waals surface area (Å²) in [5, 5.41) is 2.92. The molecule has 0 heterocycles. The van der Waals surface area contributed by atoms with E-state index >= 15 is 0 Å². The van der Waals surface area contributed by atoms with Crippen molar-refractivity contribution in [3.8, 4) is 0 Å². The van der Waals surface area contributed by atoms with Gasteiger partial charge in [0, 0.05) is 30.8 Å². The minimum absolute atomic E-state index is 0.0583. The molecule has 2 aromatic rings. The Morgan fingerprint density at radius 1 is 0.923 bits per heavy atom. The van der Waals surface area contributed by atoms with Gasteiger partial charge in [0.2, 0.25) is 0 Å². The minimum atomic E-state index is -0.123. The monoisotopic (exact) mass is 352 g/mol. The normalized spacial score (nSPS) is 10.4. The van der Waals surface area contributed by atoms with Crippen LogP contribution < -0.4 is 5.32 Å². The minimum Gasteiger partial charge on any atom is -0.352 e. The molecule has 0 aliphatic carbocycles. The van der Waals surface area contributed by atoms with Gasteiger partial charge in [-0.05, 0) is 37.1 Å². The van der Waals surface area contributed by atoms with Crippen LogP contribution in [0.5, 0.6) is 0 Å². The summed E-state index contributed by atoms with van der Waals surface area (Å²) in [6.07, 6.45) is 3.19. The maximum atomic E-state index is 12.8. The molecule has 0 aliphatic heterocycles. The number of benzene rings is 2. The highest BCUT2D eigenvalue weighted by Gasteiger charge is 2.16. The lowest BCUT2D eigenvalue weighted by molar-refractivity contribution is 0.0752. The number of carbonyl (C=O) groups is 2. The molecular formula is C22H28N2O2. The van der Waals surface area contributed by atoms with Crippen molar-refractivity contribution in [2.75, 3.05) is 13.1 Å². The third-order valence-electron chi connectivity index (χ3n) is 4.32. The Balaban J connectivity index is 2.04. The van der Waals surface area contributed by atoms with Crippen molar-refractivity contribution in [2.45, 2.75) is 39.7 Å². The molecule has 2 amide bonds. The van der Waals surface area contributed by atoms with Gasteiger partial charge in [-0.1, -0.05) is 56.2 Å². The molecule has 0 unspecified atom stereocenters. The van der Waals surface area contributed by atoms with Crippen LogP contribution >= 0.6 is 0 Å². The van der Waals surface area contributed by atoms with E-state index in [0.717, 1.165) is 24.8 Å². The number of carbonyl (C=O) groups excluding carboxylic acids is 2.